The van der Waals surface area contributed by atoms with Gasteiger partial charge in [-0.2, -0.15) is 0 Å². The molecule has 0 unspecified atom stereocenters. The number of carbonyl (C=O) groups excluding carboxylic acids is 1. The van der Waals surface area contributed by atoms with Crippen molar-refractivity contribution in [1.82, 2.24) is 9.88 Å². The summed E-state index contributed by atoms with van der Waals surface area (Å²) >= 11 is 0. The Balaban J connectivity index is 1.61. The molecule has 1 aromatic heterocycles. The Labute approximate surface area is 157 Å². The van der Waals surface area contributed by atoms with Crippen LogP contribution in [-0.2, 0) is 17.9 Å². The highest BCUT2D eigenvalue weighted by Gasteiger charge is 2.13. The van der Waals surface area contributed by atoms with E-state index in [-0.39, 0.29) is 24.8 Å². The zero-order valence-corrected chi connectivity index (χ0v) is 14.7. The lowest BCUT2D eigenvalue weighted by Crippen LogP contribution is -2.27. The van der Waals surface area contributed by atoms with E-state index < -0.39 is 0 Å². The van der Waals surface area contributed by atoms with Crippen molar-refractivity contribution in [3.8, 4) is 11.3 Å². The number of benzene rings is 3. The number of nitrogens with one attached hydrogen (secondary N) is 1. The van der Waals surface area contributed by atoms with Gasteiger partial charge >= 0.3 is 0 Å². The van der Waals surface area contributed by atoms with Crippen molar-refractivity contribution < 1.29 is 9.18 Å². The molecule has 0 spiro atoms. The van der Waals surface area contributed by atoms with Gasteiger partial charge in [0.05, 0.1) is 0 Å². The summed E-state index contributed by atoms with van der Waals surface area (Å²) in [5, 5.41) is 3.90. The molecule has 0 bridgehead atoms. The molecule has 4 heteroatoms. The number of hydrogen-bond acceptors (Lipinski definition) is 1. The van der Waals surface area contributed by atoms with E-state index in [1.54, 1.807) is 18.2 Å². The van der Waals surface area contributed by atoms with Gasteiger partial charge < -0.3 is 9.88 Å². The van der Waals surface area contributed by atoms with Crippen molar-refractivity contribution in [2.24, 2.45) is 0 Å². The third kappa shape index (κ3) is 3.60. The van der Waals surface area contributed by atoms with E-state index in [9.17, 15) is 9.18 Å². The summed E-state index contributed by atoms with van der Waals surface area (Å²) in [7, 11) is 0. The van der Waals surface area contributed by atoms with Gasteiger partial charge in [0.1, 0.15) is 12.4 Å². The van der Waals surface area contributed by atoms with Crippen molar-refractivity contribution in [2.75, 3.05) is 0 Å². The first-order valence-corrected chi connectivity index (χ1v) is 8.86. The molecule has 134 valence electrons. The largest absolute Gasteiger partial charge is 0.350 e. The van der Waals surface area contributed by atoms with Crippen molar-refractivity contribution in [3.63, 3.8) is 0 Å². The molecule has 27 heavy (non-hydrogen) atoms. The molecule has 0 radical (unpaired) electrons. The fourth-order valence-corrected chi connectivity index (χ4v) is 3.26. The molecule has 0 aliphatic rings. The normalized spacial score (nSPS) is 10.9. The van der Waals surface area contributed by atoms with Crippen LogP contribution >= 0.6 is 0 Å². The second kappa shape index (κ2) is 7.46. The fraction of sp³-hybridized carbons (Fsp3) is 0.0870. The quantitative estimate of drug-likeness (QED) is 0.548. The Morgan fingerprint density at radius 2 is 1.59 bits per heavy atom. The van der Waals surface area contributed by atoms with Gasteiger partial charge in [0.25, 0.3) is 0 Å². The molecule has 0 fully saturated rings. The maximum absolute atomic E-state index is 13.8. The Morgan fingerprint density at radius 3 is 2.41 bits per heavy atom. The van der Waals surface area contributed by atoms with Gasteiger partial charge in [-0.15, -0.1) is 0 Å². The molecule has 0 aliphatic carbocycles. The number of halogens is 1. The van der Waals surface area contributed by atoms with Crippen LogP contribution in [0.25, 0.3) is 22.2 Å². The molecule has 4 aromatic rings. The van der Waals surface area contributed by atoms with Crippen molar-refractivity contribution in [3.05, 3.63) is 96.3 Å². The Morgan fingerprint density at radius 1 is 0.889 bits per heavy atom. The van der Waals surface area contributed by atoms with Crippen LogP contribution in [0.3, 0.4) is 0 Å². The summed E-state index contributed by atoms with van der Waals surface area (Å²) in [5.41, 5.74) is 3.51. The predicted molar refractivity (Wildman–Crippen MR) is 106 cm³/mol. The van der Waals surface area contributed by atoms with Crippen LogP contribution in [0.5, 0.6) is 0 Å². The second-order valence-electron chi connectivity index (χ2n) is 6.41. The molecule has 0 saturated heterocycles. The SMILES string of the molecule is O=C(Cn1c(-c2ccccc2)cc2ccccc21)NCc1ccccc1F. The molecule has 3 nitrogen and oxygen atoms in total. The molecule has 1 heterocycles. The third-order valence-corrected chi connectivity index (χ3v) is 4.62. The van der Waals surface area contributed by atoms with Gasteiger partial charge in [0, 0.05) is 28.7 Å². The Kier molecular flexibility index (Phi) is 4.71. The Hall–Kier alpha value is -3.40. The lowest BCUT2D eigenvalue weighted by Gasteiger charge is -2.12. The maximum atomic E-state index is 13.8. The minimum Gasteiger partial charge on any atom is -0.350 e. The molecule has 1 N–H and O–H groups in total. The number of aromatic nitrogens is 1. The average molecular weight is 358 g/mol. The summed E-state index contributed by atoms with van der Waals surface area (Å²) in [4.78, 5) is 12.6. The molecule has 3 aromatic carbocycles. The lowest BCUT2D eigenvalue weighted by atomic mass is 10.1. The number of amides is 1. The smallest absolute Gasteiger partial charge is 0.240 e. The van der Waals surface area contributed by atoms with Crippen LogP contribution in [0.15, 0.2) is 84.9 Å². The number of rotatable bonds is 5. The van der Waals surface area contributed by atoms with E-state index in [0.717, 1.165) is 22.2 Å². The predicted octanol–water partition coefficient (Wildman–Crippen LogP) is 4.76. The van der Waals surface area contributed by atoms with E-state index in [4.69, 9.17) is 0 Å². The Bertz CT molecular complexity index is 1090. The highest BCUT2D eigenvalue weighted by atomic mass is 19.1. The summed E-state index contributed by atoms with van der Waals surface area (Å²) in [6.07, 6.45) is 0. The van der Waals surface area contributed by atoms with Crippen LogP contribution in [0.1, 0.15) is 5.56 Å². The number of para-hydroxylation sites is 1. The molecule has 1 amide bonds. The van der Waals surface area contributed by atoms with Gasteiger partial charge in [0.15, 0.2) is 0 Å². The fourth-order valence-electron chi connectivity index (χ4n) is 3.26. The van der Waals surface area contributed by atoms with E-state index in [1.165, 1.54) is 6.07 Å². The van der Waals surface area contributed by atoms with Crippen LogP contribution < -0.4 is 5.32 Å². The minimum absolute atomic E-state index is 0.156. The van der Waals surface area contributed by atoms with Crippen molar-refractivity contribution in [1.29, 1.82) is 0 Å². The first-order chi connectivity index (χ1) is 13.2. The van der Waals surface area contributed by atoms with Crippen LogP contribution in [0.4, 0.5) is 4.39 Å². The van der Waals surface area contributed by atoms with Gasteiger partial charge in [-0.05, 0) is 23.8 Å². The average Bonchev–Trinajstić information content (AvgIpc) is 3.06. The topological polar surface area (TPSA) is 34.0 Å². The third-order valence-electron chi connectivity index (χ3n) is 4.62. The van der Waals surface area contributed by atoms with Gasteiger partial charge in [0.2, 0.25) is 5.91 Å². The minimum atomic E-state index is -0.311. The van der Waals surface area contributed by atoms with Gasteiger partial charge in [-0.25, -0.2) is 4.39 Å². The van der Waals surface area contributed by atoms with Crippen LogP contribution in [0, 0.1) is 5.82 Å². The van der Waals surface area contributed by atoms with Gasteiger partial charge in [-0.1, -0.05) is 66.7 Å². The lowest BCUT2D eigenvalue weighted by molar-refractivity contribution is -0.121. The number of fused-ring (bicyclic) bond motifs is 1. The second-order valence-corrected chi connectivity index (χ2v) is 6.41. The van der Waals surface area contributed by atoms with Crippen LogP contribution in [-0.4, -0.2) is 10.5 Å². The number of hydrogen-bond donors (Lipinski definition) is 1. The first-order valence-electron chi connectivity index (χ1n) is 8.86. The summed E-state index contributed by atoms with van der Waals surface area (Å²) in [6.45, 7) is 0.345. The van der Waals surface area contributed by atoms with E-state index >= 15 is 0 Å². The number of nitrogens with zero attached hydrogens (tertiary/aromatic N) is 1. The molecule has 0 atom stereocenters. The molecule has 4 rings (SSSR count). The monoisotopic (exact) mass is 358 g/mol. The zero-order valence-electron chi connectivity index (χ0n) is 14.7. The highest BCUT2D eigenvalue weighted by Crippen LogP contribution is 2.28. The van der Waals surface area contributed by atoms with Crippen molar-refractivity contribution in [2.45, 2.75) is 13.1 Å². The molecule has 0 saturated carbocycles. The van der Waals surface area contributed by atoms with E-state index in [2.05, 4.69) is 11.4 Å². The summed E-state index contributed by atoms with van der Waals surface area (Å²) < 4.78 is 15.8. The number of carbonyl (C=O) groups is 1. The molecule has 0 aliphatic heterocycles. The zero-order chi connectivity index (χ0) is 18.6. The van der Waals surface area contributed by atoms with E-state index in [1.807, 2.05) is 59.2 Å². The van der Waals surface area contributed by atoms with E-state index in [0.29, 0.717) is 5.56 Å². The standard InChI is InChI=1S/C23H19FN2O/c24-20-12-6-4-11-19(20)15-25-23(27)16-26-21-13-7-5-10-18(21)14-22(26)17-8-2-1-3-9-17/h1-14H,15-16H2,(H,25,27). The van der Waals surface area contributed by atoms with Gasteiger partial charge in [-0.3, -0.25) is 4.79 Å². The van der Waals surface area contributed by atoms with Crippen molar-refractivity contribution >= 4 is 16.8 Å². The highest BCUT2D eigenvalue weighted by molar-refractivity contribution is 5.89. The van der Waals surface area contributed by atoms with Crippen LogP contribution in [0.2, 0.25) is 0 Å². The maximum Gasteiger partial charge on any atom is 0.240 e. The summed E-state index contributed by atoms with van der Waals surface area (Å²) in [6, 6.07) is 26.5. The summed E-state index contributed by atoms with van der Waals surface area (Å²) in [5.74, 6) is -0.467. The first kappa shape index (κ1) is 17.0. The molecular weight excluding hydrogens is 339 g/mol. The molecular formula is C23H19FN2O.